The first-order chi connectivity index (χ1) is 7.94. The molecule has 0 radical (unpaired) electrons. The lowest BCUT2D eigenvalue weighted by Crippen LogP contribution is -2.39. The van der Waals surface area contributed by atoms with Gasteiger partial charge in [-0.3, -0.25) is 0 Å². The van der Waals surface area contributed by atoms with Crippen molar-refractivity contribution in [1.82, 2.24) is 5.32 Å². The summed E-state index contributed by atoms with van der Waals surface area (Å²) in [7, 11) is 0. The van der Waals surface area contributed by atoms with E-state index in [0.29, 0.717) is 18.8 Å². The fraction of sp³-hybridized carbons (Fsp3) is 0.538. The van der Waals surface area contributed by atoms with Gasteiger partial charge in [0.25, 0.3) is 0 Å². The number of hydrogen-bond donors (Lipinski definition) is 2. The minimum Gasteiger partial charge on any atom is -0.388 e. The lowest BCUT2D eigenvalue weighted by molar-refractivity contribution is 0.0845. The van der Waals surface area contributed by atoms with Gasteiger partial charge in [-0.1, -0.05) is 6.07 Å². The SMILES string of the molecule is CSCC(C)(O)CNCc1cc(F)ccc1C. The van der Waals surface area contributed by atoms with Crippen molar-refractivity contribution in [3.63, 3.8) is 0 Å². The molecule has 0 aliphatic carbocycles. The molecule has 0 fully saturated rings. The smallest absolute Gasteiger partial charge is 0.123 e. The van der Waals surface area contributed by atoms with Crippen LogP contribution < -0.4 is 5.32 Å². The summed E-state index contributed by atoms with van der Waals surface area (Å²) >= 11 is 1.61. The highest BCUT2D eigenvalue weighted by molar-refractivity contribution is 7.98. The molecule has 2 N–H and O–H groups in total. The van der Waals surface area contributed by atoms with Crippen LogP contribution in [0.15, 0.2) is 18.2 Å². The summed E-state index contributed by atoms with van der Waals surface area (Å²) in [6, 6.07) is 4.76. The van der Waals surface area contributed by atoms with Crippen molar-refractivity contribution in [3.8, 4) is 0 Å². The van der Waals surface area contributed by atoms with Crippen molar-refractivity contribution >= 4 is 11.8 Å². The van der Waals surface area contributed by atoms with Gasteiger partial charge >= 0.3 is 0 Å². The van der Waals surface area contributed by atoms with Crippen LogP contribution >= 0.6 is 11.8 Å². The van der Waals surface area contributed by atoms with Crippen LogP contribution in [0.25, 0.3) is 0 Å². The summed E-state index contributed by atoms with van der Waals surface area (Å²) < 4.78 is 13.0. The molecule has 1 atom stereocenters. The molecule has 0 saturated heterocycles. The van der Waals surface area contributed by atoms with Crippen molar-refractivity contribution in [2.24, 2.45) is 0 Å². The molecule has 2 nitrogen and oxygen atoms in total. The topological polar surface area (TPSA) is 32.3 Å². The van der Waals surface area contributed by atoms with Gasteiger partial charge < -0.3 is 10.4 Å². The molecule has 0 aliphatic heterocycles. The van der Waals surface area contributed by atoms with Crippen LogP contribution in [0.5, 0.6) is 0 Å². The number of aliphatic hydroxyl groups is 1. The van der Waals surface area contributed by atoms with Crippen molar-refractivity contribution in [2.45, 2.75) is 26.0 Å². The third-order valence-electron chi connectivity index (χ3n) is 2.59. The maximum atomic E-state index is 13.0. The highest BCUT2D eigenvalue weighted by atomic mass is 32.2. The Balaban J connectivity index is 2.48. The van der Waals surface area contributed by atoms with Crippen LogP contribution in [-0.4, -0.2) is 29.3 Å². The normalized spacial score (nSPS) is 14.6. The Morgan fingerprint density at radius 3 is 2.82 bits per heavy atom. The summed E-state index contributed by atoms with van der Waals surface area (Å²) in [6.07, 6.45) is 1.96. The molecule has 0 aliphatic rings. The molecule has 1 rings (SSSR count). The Morgan fingerprint density at radius 2 is 2.18 bits per heavy atom. The first-order valence-electron chi connectivity index (χ1n) is 5.62. The first kappa shape index (κ1) is 14.5. The molecule has 0 aromatic heterocycles. The molecule has 1 unspecified atom stereocenters. The molecular weight excluding hydrogens is 237 g/mol. The van der Waals surface area contributed by atoms with Gasteiger partial charge in [-0.25, -0.2) is 4.39 Å². The van der Waals surface area contributed by atoms with E-state index in [9.17, 15) is 9.50 Å². The standard InChI is InChI=1S/C13H20FNOS/c1-10-4-5-12(14)6-11(10)7-15-8-13(2,16)9-17-3/h4-6,15-16H,7-9H2,1-3H3. The monoisotopic (exact) mass is 257 g/mol. The number of aryl methyl sites for hydroxylation is 1. The molecule has 1 aromatic rings. The van der Waals surface area contributed by atoms with Crippen molar-refractivity contribution < 1.29 is 9.50 Å². The Morgan fingerprint density at radius 1 is 1.47 bits per heavy atom. The average Bonchev–Trinajstić information content (AvgIpc) is 2.23. The number of hydrogen-bond acceptors (Lipinski definition) is 3. The number of thioether (sulfide) groups is 1. The van der Waals surface area contributed by atoms with Gasteiger partial charge in [0.2, 0.25) is 0 Å². The van der Waals surface area contributed by atoms with E-state index < -0.39 is 5.60 Å². The van der Waals surface area contributed by atoms with E-state index in [0.717, 1.165) is 11.1 Å². The Kier molecular flexibility index (Phi) is 5.43. The summed E-state index contributed by atoms with van der Waals surface area (Å²) in [5.74, 6) is 0.463. The average molecular weight is 257 g/mol. The summed E-state index contributed by atoms with van der Waals surface area (Å²) in [5.41, 5.74) is 1.27. The lowest BCUT2D eigenvalue weighted by Gasteiger charge is -2.22. The second-order valence-electron chi connectivity index (χ2n) is 4.60. The molecule has 0 bridgehead atoms. The van der Waals surface area contributed by atoms with Gasteiger partial charge in [-0.2, -0.15) is 11.8 Å². The fourth-order valence-electron chi connectivity index (χ4n) is 1.66. The zero-order valence-electron chi connectivity index (χ0n) is 10.6. The van der Waals surface area contributed by atoms with Crippen LogP contribution in [0.3, 0.4) is 0 Å². The van der Waals surface area contributed by atoms with E-state index in [1.807, 2.05) is 13.2 Å². The van der Waals surface area contributed by atoms with Gasteiger partial charge in [-0.05, 0) is 43.4 Å². The summed E-state index contributed by atoms with van der Waals surface area (Å²) in [4.78, 5) is 0. The number of benzene rings is 1. The molecule has 17 heavy (non-hydrogen) atoms. The maximum absolute atomic E-state index is 13.0. The highest BCUT2D eigenvalue weighted by Crippen LogP contribution is 2.12. The second kappa shape index (κ2) is 6.38. The quantitative estimate of drug-likeness (QED) is 0.820. The fourth-order valence-corrected chi connectivity index (χ4v) is 2.38. The van der Waals surface area contributed by atoms with Crippen molar-refractivity contribution in [3.05, 3.63) is 35.1 Å². The van der Waals surface area contributed by atoms with Gasteiger partial charge in [0.05, 0.1) is 5.60 Å². The lowest BCUT2D eigenvalue weighted by atomic mass is 10.1. The predicted molar refractivity (Wildman–Crippen MR) is 71.8 cm³/mol. The minimum atomic E-state index is -0.722. The Hall–Kier alpha value is -0.580. The van der Waals surface area contributed by atoms with Gasteiger partial charge in [0.1, 0.15) is 5.82 Å². The zero-order chi connectivity index (χ0) is 12.9. The zero-order valence-corrected chi connectivity index (χ0v) is 11.4. The van der Waals surface area contributed by atoms with Gasteiger partial charge in [0.15, 0.2) is 0 Å². The van der Waals surface area contributed by atoms with Gasteiger partial charge in [0, 0.05) is 18.8 Å². The highest BCUT2D eigenvalue weighted by Gasteiger charge is 2.18. The van der Waals surface area contributed by atoms with Crippen LogP contribution in [0, 0.1) is 12.7 Å². The molecule has 1 aromatic carbocycles. The number of rotatable bonds is 6. The Labute approximate surface area is 107 Å². The summed E-state index contributed by atoms with van der Waals surface area (Å²) in [5, 5.41) is 13.1. The molecule has 0 saturated carbocycles. The number of nitrogens with one attached hydrogen (secondary N) is 1. The maximum Gasteiger partial charge on any atom is 0.123 e. The van der Waals surface area contributed by atoms with Crippen LogP contribution in [-0.2, 0) is 6.54 Å². The molecule has 0 spiro atoms. The molecular formula is C13H20FNOS. The predicted octanol–water partition coefficient (Wildman–Crippen LogP) is 2.34. The van der Waals surface area contributed by atoms with Crippen LogP contribution in [0.2, 0.25) is 0 Å². The number of halogens is 1. The van der Waals surface area contributed by atoms with E-state index in [1.54, 1.807) is 24.8 Å². The molecule has 96 valence electrons. The van der Waals surface area contributed by atoms with E-state index >= 15 is 0 Å². The third-order valence-corrected chi connectivity index (χ3v) is 3.50. The second-order valence-corrected chi connectivity index (χ2v) is 5.47. The largest absolute Gasteiger partial charge is 0.388 e. The van der Waals surface area contributed by atoms with Crippen molar-refractivity contribution in [2.75, 3.05) is 18.6 Å². The summed E-state index contributed by atoms with van der Waals surface area (Å²) in [6.45, 7) is 4.84. The first-order valence-corrected chi connectivity index (χ1v) is 7.01. The van der Waals surface area contributed by atoms with Crippen LogP contribution in [0.1, 0.15) is 18.1 Å². The minimum absolute atomic E-state index is 0.219. The molecule has 4 heteroatoms. The Bertz CT molecular complexity index is 368. The van der Waals surface area contributed by atoms with E-state index in [1.165, 1.54) is 12.1 Å². The van der Waals surface area contributed by atoms with E-state index in [2.05, 4.69) is 5.32 Å². The van der Waals surface area contributed by atoms with E-state index in [-0.39, 0.29) is 5.82 Å². The third kappa shape index (κ3) is 5.06. The molecule has 0 amide bonds. The van der Waals surface area contributed by atoms with Crippen molar-refractivity contribution in [1.29, 1.82) is 0 Å². The molecule has 0 heterocycles. The van der Waals surface area contributed by atoms with Gasteiger partial charge in [-0.15, -0.1) is 0 Å². The van der Waals surface area contributed by atoms with E-state index in [4.69, 9.17) is 0 Å². The van der Waals surface area contributed by atoms with Crippen LogP contribution in [0.4, 0.5) is 4.39 Å².